The number of thiazole rings is 1. The summed E-state index contributed by atoms with van der Waals surface area (Å²) < 4.78 is 15.3. The van der Waals surface area contributed by atoms with Crippen LogP contribution in [0.15, 0.2) is 51.6 Å². The number of imide groups is 1. The van der Waals surface area contributed by atoms with Crippen molar-refractivity contribution in [2.24, 2.45) is 29.6 Å². The first-order valence-corrected chi connectivity index (χ1v) is 16.8. The molecule has 0 radical (unpaired) electrons. The monoisotopic (exact) mass is 609 g/mol. The Labute approximate surface area is 248 Å². The van der Waals surface area contributed by atoms with Crippen LogP contribution in [0.5, 0.6) is 0 Å². The molecule has 41 heavy (non-hydrogen) atoms. The fourth-order valence-electron chi connectivity index (χ4n) is 8.26. The summed E-state index contributed by atoms with van der Waals surface area (Å²) in [5, 5.41) is 2.97. The Kier molecular flexibility index (Phi) is 6.09. The molecule has 2 saturated carbocycles. The maximum absolute atomic E-state index is 13.8. The zero-order valence-electron chi connectivity index (χ0n) is 22.1. The van der Waals surface area contributed by atoms with Crippen LogP contribution in [-0.4, -0.2) is 45.5 Å². The lowest BCUT2D eigenvalue weighted by atomic mass is 9.69. The van der Waals surface area contributed by atoms with E-state index in [0.29, 0.717) is 5.69 Å². The third-order valence-corrected chi connectivity index (χ3v) is 13.6. The van der Waals surface area contributed by atoms with Gasteiger partial charge in [-0.1, -0.05) is 17.4 Å². The van der Waals surface area contributed by atoms with Gasteiger partial charge in [-0.15, -0.1) is 23.1 Å². The van der Waals surface area contributed by atoms with Crippen molar-refractivity contribution >= 4 is 57.8 Å². The topological polar surface area (TPSA) is 79.7 Å². The van der Waals surface area contributed by atoms with Gasteiger partial charge in [-0.2, -0.15) is 0 Å². The van der Waals surface area contributed by atoms with Crippen LogP contribution in [0, 0.1) is 35.4 Å². The van der Waals surface area contributed by atoms with E-state index >= 15 is 0 Å². The van der Waals surface area contributed by atoms with Gasteiger partial charge in [0, 0.05) is 34.0 Å². The highest BCUT2D eigenvalue weighted by Gasteiger charge is 2.70. The number of carbonyl (C=O) groups is 3. The highest BCUT2D eigenvalue weighted by molar-refractivity contribution is 8.00. The summed E-state index contributed by atoms with van der Waals surface area (Å²) in [5.41, 5.74) is 0.421. The first-order valence-electron chi connectivity index (χ1n) is 14.3. The Balaban J connectivity index is 1.17. The molecule has 3 amide bonds. The van der Waals surface area contributed by atoms with Gasteiger partial charge < -0.3 is 4.90 Å². The predicted octanol–water partition coefficient (Wildman–Crippen LogP) is 4.80. The Hall–Kier alpha value is -2.76. The molecule has 2 bridgehead atoms. The molecule has 5 heterocycles. The Morgan fingerprint density at radius 1 is 0.951 bits per heavy atom. The molecule has 7 nitrogen and oxygen atoms in total. The van der Waals surface area contributed by atoms with Crippen LogP contribution >= 0.6 is 34.4 Å². The maximum Gasteiger partial charge on any atom is 0.308 e. The number of likely N-dealkylation sites (tertiary alicyclic amines) is 1. The number of piperidine rings is 1. The summed E-state index contributed by atoms with van der Waals surface area (Å²) in [7, 11) is 0. The third-order valence-electron chi connectivity index (χ3n) is 9.89. The molecule has 3 aliphatic heterocycles. The van der Waals surface area contributed by atoms with Gasteiger partial charge in [-0.3, -0.25) is 28.6 Å². The largest absolute Gasteiger partial charge is 0.341 e. The molecular weight excluding hydrogens is 582 g/mol. The quantitative estimate of drug-likeness (QED) is 0.397. The van der Waals surface area contributed by atoms with Crippen LogP contribution in [0.1, 0.15) is 41.4 Å². The summed E-state index contributed by atoms with van der Waals surface area (Å²) in [6.07, 6.45) is 3.92. The van der Waals surface area contributed by atoms with E-state index in [1.54, 1.807) is 27.7 Å². The van der Waals surface area contributed by atoms with Gasteiger partial charge in [0.05, 0.1) is 22.5 Å². The number of halogens is 1. The number of hydrogen-bond acceptors (Lipinski definition) is 7. The van der Waals surface area contributed by atoms with E-state index < -0.39 is 17.7 Å². The molecule has 3 aromatic rings. The molecule has 2 saturated heterocycles. The van der Waals surface area contributed by atoms with Gasteiger partial charge in [0.15, 0.2) is 0 Å². The number of thiophene rings is 1. The standard InChI is InChI=1S/C30H28FN3O4S3/c31-15-6-8-16(9-7-15)34-27(36)22-17-13-18(23(22)28(34)37)25-21(17)24(19-5-4-12-39-19)26-29(40-25)33(30(38)41-26)14-20(35)32-10-2-1-3-11-32/h4-9,12,17-18,21-25H,1-3,10-11,13-14H2. The zero-order chi connectivity index (χ0) is 28.0. The van der Waals surface area contributed by atoms with E-state index in [9.17, 15) is 23.6 Å². The van der Waals surface area contributed by atoms with E-state index in [0.717, 1.165) is 53.6 Å². The molecule has 0 spiro atoms. The van der Waals surface area contributed by atoms with Crippen molar-refractivity contribution < 1.29 is 18.8 Å². The van der Waals surface area contributed by atoms with Crippen molar-refractivity contribution in [3.63, 3.8) is 0 Å². The lowest BCUT2D eigenvalue weighted by Crippen LogP contribution is -2.43. The van der Waals surface area contributed by atoms with Crippen molar-refractivity contribution in [2.75, 3.05) is 18.0 Å². The van der Waals surface area contributed by atoms with Crippen molar-refractivity contribution in [2.45, 2.75) is 48.4 Å². The number of amides is 3. The normalized spacial score (nSPS) is 31.9. The van der Waals surface area contributed by atoms with Gasteiger partial charge in [0.25, 0.3) is 0 Å². The highest BCUT2D eigenvalue weighted by atomic mass is 32.2. The first kappa shape index (κ1) is 25.9. The Bertz CT molecular complexity index is 1610. The molecule has 0 N–H and O–H groups in total. The maximum atomic E-state index is 13.8. The van der Waals surface area contributed by atoms with Crippen molar-refractivity contribution in [1.82, 2.24) is 9.47 Å². The van der Waals surface area contributed by atoms with E-state index in [-0.39, 0.29) is 58.1 Å². The fraction of sp³-hybridized carbons (Fsp3) is 0.467. The number of rotatable bonds is 4. The van der Waals surface area contributed by atoms with E-state index in [1.165, 1.54) is 40.5 Å². The molecule has 2 aromatic heterocycles. The summed E-state index contributed by atoms with van der Waals surface area (Å²) in [6.45, 7) is 1.52. The number of benzene rings is 1. The number of fused-ring (bicyclic) bond motifs is 9. The SMILES string of the molecule is O=C(Cn1c2c(sc1=O)C(c1cccs1)C1C3CC(C1S2)C1C(=O)N(c2ccc(F)cc2)C(=O)C31)N1CCCCC1. The highest BCUT2D eigenvalue weighted by Crippen LogP contribution is 2.69. The lowest BCUT2D eigenvalue weighted by Gasteiger charge is -2.43. The van der Waals surface area contributed by atoms with Gasteiger partial charge >= 0.3 is 4.87 Å². The van der Waals surface area contributed by atoms with Crippen LogP contribution in [-0.2, 0) is 20.9 Å². The second-order valence-electron chi connectivity index (χ2n) is 11.8. The smallest absolute Gasteiger partial charge is 0.308 e. The van der Waals surface area contributed by atoms with Gasteiger partial charge in [0.1, 0.15) is 12.4 Å². The van der Waals surface area contributed by atoms with Crippen LogP contribution in [0.25, 0.3) is 0 Å². The molecule has 4 fully saturated rings. The number of carbonyl (C=O) groups excluding carboxylic acids is 3. The van der Waals surface area contributed by atoms with Crippen LogP contribution < -0.4 is 9.77 Å². The van der Waals surface area contributed by atoms with Crippen LogP contribution in [0.4, 0.5) is 10.1 Å². The first-order chi connectivity index (χ1) is 19.9. The minimum absolute atomic E-state index is 0.00115. The molecule has 212 valence electrons. The van der Waals surface area contributed by atoms with Crippen LogP contribution in [0.3, 0.4) is 0 Å². The second-order valence-corrected chi connectivity index (χ2v) is 15.0. The van der Waals surface area contributed by atoms with E-state index in [4.69, 9.17) is 0 Å². The minimum Gasteiger partial charge on any atom is -0.341 e. The summed E-state index contributed by atoms with van der Waals surface area (Å²) in [4.78, 5) is 59.5. The Morgan fingerprint density at radius 2 is 1.68 bits per heavy atom. The molecule has 5 aliphatic rings. The fourth-order valence-corrected chi connectivity index (χ4v) is 12.4. The zero-order valence-corrected chi connectivity index (χ0v) is 24.6. The van der Waals surface area contributed by atoms with Gasteiger partial charge in [-0.05, 0) is 79.1 Å². The molecule has 7 atom stereocenters. The second kappa shape index (κ2) is 9.64. The number of nitrogens with zero attached hydrogens (tertiary/aromatic N) is 3. The molecule has 7 unspecified atom stereocenters. The molecular formula is C30H28FN3O4S3. The number of hydrogen-bond donors (Lipinski definition) is 0. The molecule has 11 heteroatoms. The van der Waals surface area contributed by atoms with E-state index in [1.807, 2.05) is 16.3 Å². The van der Waals surface area contributed by atoms with Crippen molar-refractivity contribution in [1.29, 1.82) is 0 Å². The Morgan fingerprint density at radius 3 is 2.39 bits per heavy atom. The predicted molar refractivity (Wildman–Crippen MR) is 156 cm³/mol. The van der Waals surface area contributed by atoms with Crippen LogP contribution in [0.2, 0.25) is 0 Å². The summed E-state index contributed by atoms with van der Waals surface area (Å²) in [5.74, 6) is -1.52. The van der Waals surface area contributed by atoms with Gasteiger partial charge in [-0.25, -0.2) is 4.39 Å². The number of anilines is 1. The lowest BCUT2D eigenvalue weighted by molar-refractivity contribution is -0.133. The number of aromatic nitrogens is 1. The van der Waals surface area contributed by atoms with E-state index in [2.05, 4.69) is 6.07 Å². The molecule has 1 aromatic carbocycles. The number of thioether (sulfide) groups is 1. The average molecular weight is 610 g/mol. The average Bonchev–Trinajstić information content (AvgIpc) is 3.80. The van der Waals surface area contributed by atoms with Crippen molar-refractivity contribution in [3.05, 3.63) is 67.0 Å². The summed E-state index contributed by atoms with van der Waals surface area (Å²) >= 11 is 4.55. The molecule has 2 aliphatic carbocycles. The third kappa shape index (κ3) is 3.81. The van der Waals surface area contributed by atoms with Crippen molar-refractivity contribution in [3.8, 4) is 0 Å². The van der Waals surface area contributed by atoms with Gasteiger partial charge in [0.2, 0.25) is 17.7 Å². The summed E-state index contributed by atoms with van der Waals surface area (Å²) in [6, 6.07) is 9.69. The minimum atomic E-state index is -0.412. The molecule has 8 rings (SSSR count).